The quantitative estimate of drug-likeness (QED) is 0.509. The standard InChI is InChI=1S/C10H14/c1-3-5-9-7-10(9)6-8(10)4-2/h9H,2-3,5-7H2,1H3. The van der Waals surface area contributed by atoms with Crippen molar-refractivity contribution in [3.63, 3.8) is 0 Å². The number of hydrogen-bond donors (Lipinski definition) is 0. The summed E-state index contributed by atoms with van der Waals surface area (Å²) in [5.41, 5.74) is 5.24. The molecule has 1 spiro atoms. The summed E-state index contributed by atoms with van der Waals surface area (Å²) < 4.78 is 0. The van der Waals surface area contributed by atoms with Crippen molar-refractivity contribution in [1.29, 1.82) is 0 Å². The van der Waals surface area contributed by atoms with E-state index in [-0.39, 0.29) is 0 Å². The van der Waals surface area contributed by atoms with Gasteiger partial charge in [-0.25, -0.2) is 0 Å². The Balaban J connectivity index is 1.97. The molecule has 10 heavy (non-hydrogen) atoms. The Morgan fingerprint density at radius 3 is 3.10 bits per heavy atom. The second-order valence-corrected chi connectivity index (χ2v) is 3.68. The van der Waals surface area contributed by atoms with Gasteiger partial charge in [-0.15, -0.1) is 5.73 Å². The van der Waals surface area contributed by atoms with Crippen LogP contribution < -0.4 is 0 Å². The molecular formula is C10H14. The van der Waals surface area contributed by atoms with Crippen molar-refractivity contribution in [2.45, 2.75) is 32.6 Å². The van der Waals surface area contributed by atoms with Gasteiger partial charge >= 0.3 is 0 Å². The summed E-state index contributed by atoms with van der Waals surface area (Å²) in [7, 11) is 0. The van der Waals surface area contributed by atoms with Crippen molar-refractivity contribution in [3.8, 4) is 0 Å². The minimum absolute atomic E-state index is 0.678. The van der Waals surface area contributed by atoms with E-state index < -0.39 is 0 Å². The minimum Gasteiger partial charge on any atom is -0.129 e. The zero-order valence-corrected chi connectivity index (χ0v) is 6.61. The minimum atomic E-state index is 0.678. The van der Waals surface area contributed by atoms with Gasteiger partial charge < -0.3 is 0 Å². The van der Waals surface area contributed by atoms with E-state index in [9.17, 15) is 0 Å². The average Bonchev–Trinajstić information content (AvgIpc) is 2.78. The van der Waals surface area contributed by atoms with Gasteiger partial charge in [-0.05, 0) is 30.8 Å². The van der Waals surface area contributed by atoms with Crippen LogP contribution in [0.3, 0.4) is 0 Å². The molecule has 2 aliphatic rings. The van der Waals surface area contributed by atoms with Gasteiger partial charge in [0.1, 0.15) is 0 Å². The molecule has 0 aromatic rings. The van der Waals surface area contributed by atoms with E-state index in [4.69, 9.17) is 0 Å². The molecule has 0 heteroatoms. The smallest absolute Gasteiger partial charge is 0.00627 e. The van der Waals surface area contributed by atoms with Gasteiger partial charge in [-0.2, -0.15) is 0 Å². The van der Waals surface area contributed by atoms with Crippen LogP contribution >= 0.6 is 0 Å². The van der Waals surface area contributed by atoms with Crippen LogP contribution in [0.5, 0.6) is 0 Å². The van der Waals surface area contributed by atoms with Gasteiger partial charge in [0.15, 0.2) is 0 Å². The third kappa shape index (κ3) is 0.630. The third-order valence-corrected chi connectivity index (χ3v) is 3.05. The Labute approximate surface area is 62.6 Å². The first-order valence-electron chi connectivity index (χ1n) is 4.23. The van der Waals surface area contributed by atoms with E-state index in [0.29, 0.717) is 5.41 Å². The fourth-order valence-corrected chi connectivity index (χ4v) is 2.20. The normalized spacial score (nSPS) is 41.7. The van der Waals surface area contributed by atoms with Crippen LogP contribution in [0.25, 0.3) is 0 Å². The molecule has 2 atom stereocenters. The molecule has 54 valence electrons. The Hall–Kier alpha value is -0.480. The first kappa shape index (κ1) is 6.24. The van der Waals surface area contributed by atoms with Crippen molar-refractivity contribution in [2.75, 3.05) is 0 Å². The Morgan fingerprint density at radius 1 is 1.80 bits per heavy atom. The largest absolute Gasteiger partial charge is 0.129 e. The fourth-order valence-electron chi connectivity index (χ4n) is 2.20. The number of hydrogen-bond acceptors (Lipinski definition) is 0. The maximum Gasteiger partial charge on any atom is 0.00627 e. The van der Waals surface area contributed by atoms with Crippen molar-refractivity contribution >= 4 is 0 Å². The third-order valence-electron chi connectivity index (χ3n) is 3.05. The summed E-state index contributed by atoms with van der Waals surface area (Å²) in [4.78, 5) is 0. The summed E-state index contributed by atoms with van der Waals surface area (Å²) in [5.74, 6) is 1.02. The lowest BCUT2D eigenvalue weighted by Gasteiger charge is -1.88. The zero-order chi connectivity index (χ0) is 7.19. The summed E-state index contributed by atoms with van der Waals surface area (Å²) in [5, 5.41) is 0. The molecule has 0 saturated heterocycles. The highest BCUT2D eigenvalue weighted by Crippen LogP contribution is 2.75. The molecule has 0 aromatic carbocycles. The molecule has 2 saturated carbocycles. The van der Waals surface area contributed by atoms with E-state index in [2.05, 4.69) is 19.2 Å². The molecule has 2 aliphatic carbocycles. The monoisotopic (exact) mass is 134 g/mol. The van der Waals surface area contributed by atoms with Crippen LogP contribution in [0.1, 0.15) is 32.6 Å². The van der Waals surface area contributed by atoms with Gasteiger partial charge in [0.25, 0.3) is 0 Å². The van der Waals surface area contributed by atoms with Gasteiger partial charge in [-0.1, -0.05) is 19.9 Å². The van der Waals surface area contributed by atoms with Crippen LogP contribution in [-0.4, -0.2) is 0 Å². The molecule has 0 radical (unpaired) electrons. The second kappa shape index (κ2) is 1.77. The van der Waals surface area contributed by atoms with Gasteiger partial charge in [0.05, 0.1) is 0 Å². The lowest BCUT2D eigenvalue weighted by Crippen LogP contribution is -1.78. The zero-order valence-electron chi connectivity index (χ0n) is 6.61. The molecule has 0 aromatic heterocycles. The SMILES string of the molecule is C=C=C1CC12CC2CCC. The highest BCUT2D eigenvalue weighted by Gasteiger charge is 2.66. The summed E-state index contributed by atoms with van der Waals surface area (Å²) in [6.45, 7) is 5.96. The Bertz CT molecular complexity index is 208. The number of rotatable bonds is 2. The average molecular weight is 134 g/mol. The molecular weight excluding hydrogens is 120 g/mol. The van der Waals surface area contributed by atoms with Crippen LogP contribution in [-0.2, 0) is 0 Å². The highest BCUT2D eigenvalue weighted by atomic mass is 14.7. The predicted octanol–water partition coefficient (Wildman–Crippen LogP) is 2.91. The van der Waals surface area contributed by atoms with Gasteiger partial charge in [0.2, 0.25) is 0 Å². The molecule has 0 aliphatic heterocycles. The van der Waals surface area contributed by atoms with Crippen LogP contribution in [0.4, 0.5) is 0 Å². The van der Waals surface area contributed by atoms with E-state index in [0.717, 1.165) is 5.92 Å². The fraction of sp³-hybridized carbons (Fsp3) is 0.700. The molecule has 2 fully saturated rings. The first-order chi connectivity index (χ1) is 4.83. The van der Waals surface area contributed by atoms with E-state index in [1.807, 2.05) is 0 Å². The molecule has 0 bridgehead atoms. The van der Waals surface area contributed by atoms with Crippen LogP contribution in [0.2, 0.25) is 0 Å². The van der Waals surface area contributed by atoms with Gasteiger partial charge in [-0.3, -0.25) is 0 Å². The van der Waals surface area contributed by atoms with E-state index in [1.54, 1.807) is 0 Å². The maximum absolute atomic E-state index is 3.69. The van der Waals surface area contributed by atoms with E-state index in [1.165, 1.54) is 31.3 Å². The predicted molar refractivity (Wildman–Crippen MR) is 42.7 cm³/mol. The van der Waals surface area contributed by atoms with Crippen molar-refractivity contribution in [3.05, 3.63) is 17.9 Å². The second-order valence-electron chi connectivity index (χ2n) is 3.68. The van der Waals surface area contributed by atoms with Crippen molar-refractivity contribution in [1.82, 2.24) is 0 Å². The maximum atomic E-state index is 3.69. The number of allylic oxidation sites excluding steroid dienone is 1. The lowest BCUT2D eigenvalue weighted by molar-refractivity contribution is 0.643. The summed E-state index contributed by atoms with van der Waals surface area (Å²) in [6, 6.07) is 0. The van der Waals surface area contributed by atoms with Crippen molar-refractivity contribution in [2.24, 2.45) is 11.3 Å². The molecule has 0 N–H and O–H groups in total. The van der Waals surface area contributed by atoms with Crippen molar-refractivity contribution < 1.29 is 0 Å². The van der Waals surface area contributed by atoms with E-state index >= 15 is 0 Å². The molecule has 0 nitrogen and oxygen atoms in total. The van der Waals surface area contributed by atoms with Crippen LogP contribution in [0, 0.1) is 11.3 Å². The van der Waals surface area contributed by atoms with Crippen LogP contribution in [0.15, 0.2) is 17.9 Å². The molecule has 2 unspecified atom stereocenters. The first-order valence-corrected chi connectivity index (χ1v) is 4.23. The summed E-state index contributed by atoms with van der Waals surface area (Å²) >= 11 is 0. The summed E-state index contributed by atoms with van der Waals surface area (Å²) in [6.07, 6.45) is 5.53. The van der Waals surface area contributed by atoms with Gasteiger partial charge in [0, 0.05) is 5.41 Å². The molecule has 0 amide bonds. The topological polar surface area (TPSA) is 0 Å². The molecule has 2 rings (SSSR count). The molecule has 0 heterocycles. The Kier molecular flexibility index (Phi) is 1.10. The Morgan fingerprint density at radius 2 is 2.60 bits per heavy atom. The lowest BCUT2D eigenvalue weighted by atomic mass is 10.2. The highest BCUT2D eigenvalue weighted by molar-refractivity contribution is 5.40.